The van der Waals surface area contributed by atoms with E-state index < -0.39 is 5.63 Å². The van der Waals surface area contributed by atoms with Crippen LogP contribution in [0.3, 0.4) is 0 Å². The largest absolute Gasteiger partial charge is 0.507 e. The first-order valence-corrected chi connectivity index (χ1v) is 11.6. The Labute approximate surface area is 199 Å². The van der Waals surface area contributed by atoms with Crippen LogP contribution >= 0.6 is 0 Å². The van der Waals surface area contributed by atoms with E-state index in [4.69, 9.17) is 13.9 Å². The lowest BCUT2D eigenvalue weighted by atomic mass is 9.98. The highest BCUT2D eigenvalue weighted by Gasteiger charge is 2.24. The van der Waals surface area contributed by atoms with Gasteiger partial charge in [-0.15, -0.1) is 0 Å². The van der Waals surface area contributed by atoms with Gasteiger partial charge in [0.15, 0.2) is 11.5 Å². The molecule has 0 unspecified atom stereocenters. The van der Waals surface area contributed by atoms with E-state index in [9.17, 15) is 9.90 Å². The molecule has 0 bridgehead atoms. The second-order valence-corrected chi connectivity index (χ2v) is 9.04. The molecule has 3 aromatic rings. The van der Waals surface area contributed by atoms with Crippen molar-refractivity contribution in [2.45, 2.75) is 39.0 Å². The van der Waals surface area contributed by atoms with Gasteiger partial charge in [0.05, 0.1) is 19.8 Å². The lowest BCUT2D eigenvalue weighted by Crippen LogP contribution is -2.32. The average Bonchev–Trinajstić information content (AvgIpc) is 2.87. The second-order valence-electron chi connectivity index (χ2n) is 9.04. The van der Waals surface area contributed by atoms with E-state index in [1.165, 1.54) is 23.0 Å². The Morgan fingerprint density at radius 2 is 1.50 bits per heavy atom. The fourth-order valence-electron chi connectivity index (χ4n) is 5.02. The van der Waals surface area contributed by atoms with Gasteiger partial charge in [0, 0.05) is 44.8 Å². The van der Waals surface area contributed by atoms with E-state index in [1.54, 1.807) is 14.2 Å². The zero-order valence-corrected chi connectivity index (χ0v) is 19.7. The molecule has 0 atom stereocenters. The molecule has 3 heterocycles. The Morgan fingerprint density at radius 1 is 0.882 bits per heavy atom. The first kappa shape index (κ1) is 22.5. The molecule has 0 saturated carbocycles. The van der Waals surface area contributed by atoms with Crippen LogP contribution in [0.1, 0.15) is 33.4 Å². The minimum Gasteiger partial charge on any atom is -0.507 e. The predicted molar refractivity (Wildman–Crippen MR) is 128 cm³/mol. The Bertz CT molecular complexity index is 1250. The van der Waals surface area contributed by atoms with Gasteiger partial charge in [-0.05, 0) is 47.2 Å². The van der Waals surface area contributed by atoms with Crippen molar-refractivity contribution in [2.75, 3.05) is 27.3 Å². The van der Waals surface area contributed by atoms with E-state index in [-0.39, 0.29) is 5.75 Å². The Kier molecular flexibility index (Phi) is 6.30. The molecule has 0 spiro atoms. The molecule has 178 valence electrons. The Hall–Kier alpha value is -3.29. The number of hydrogen-bond acceptors (Lipinski definition) is 7. The summed E-state index contributed by atoms with van der Waals surface area (Å²) in [6.45, 7) is 4.02. The van der Waals surface area contributed by atoms with Crippen molar-refractivity contribution in [1.29, 1.82) is 0 Å². The van der Waals surface area contributed by atoms with Gasteiger partial charge in [0.25, 0.3) is 0 Å². The maximum Gasteiger partial charge on any atom is 0.343 e. The van der Waals surface area contributed by atoms with Crippen LogP contribution in [0.25, 0.3) is 0 Å². The molecular formula is C27H30N2O5. The molecule has 0 saturated heterocycles. The standard InChI is InChI=1S/C27H30N2O5/c1-32-24-11-19-8-10-29(14-21(19)12-25(24)33-2)16-23-26(30)22(17-34-27(23)31)15-28-9-7-18-5-3-4-6-20(18)13-28/h3-6,11-12,17,30H,7-10,13-16H2,1-2H3. The van der Waals surface area contributed by atoms with Crippen molar-refractivity contribution in [1.82, 2.24) is 9.80 Å². The van der Waals surface area contributed by atoms with Gasteiger partial charge in [0.2, 0.25) is 0 Å². The highest BCUT2D eigenvalue weighted by Crippen LogP contribution is 2.34. The molecule has 0 radical (unpaired) electrons. The third-order valence-electron chi connectivity index (χ3n) is 6.93. The van der Waals surface area contributed by atoms with Crippen LogP contribution in [-0.4, -0.2) is 42.2 Å². The third-order valence-corrected chi connectivity index (χ3v) is 6.93. The summed E-state index contributed by atoms with van der Waals surface area (Å²) in [6, 6.07) is 12.5. The summed E-state index contributed by atoms with van der Waals surface area (Å²) >= 11 is 0. The zero-order valence-electron chi connectivity index (χ0n) is 19.7. The number of hydrogen-bond donors (Lipinski definition) is 1. The fraction of sp³-hybridized carbons (Fsp3) is 0.370. The van der Waals surface area contributed by atoms with Crippen LogP contribution in [0, 0.1) is 0 Å². The number of fused-ring (bicyclic) bond motifs is 2. The molecule has 7 nitrogen and oxygen atoms in total. The molecule has 0 aliphatic carbocycles. The third kappa shape index (κ3) is 4.41. The van der Waals surface area contributed by atoms with Crippen molar-refractivity contribution < 1.29 is 19.0 Å². The second kappa shape index (κ2) is 9.52. The molecule has 0 amide bonds. The van der Waals surface area contributed by atoms with Gasteiger partial charge in [0.1, 0.15) is 12.0 Å². The first-order valence-electron chi connectivity index (χ1n) is 11.6. The van der Waals surface area contributed by atoms with Crippen LogP contribution in [0.5, 0.6) is 17.2 Å². The monoisotopic (exact) mass is 462 g/mol. The molecule has 2 aromatic carbocycles. The molecule has 1 aromatic heterocycles. The minimum absolute atomic E-state index is 0.0493. The Balaban J connectivity index is 1.32. The van der Waals surface area contributed by atoms with Crippen molar-refractivity contribution >= 4 is 0 Å². The molecule has 5 rings (SSSR count). The van der Waals surface area contributed by atoms with Gasteiger partial charge in [-0.2, -0.15) is 0 Å². The predicted octanol–water partition coefficient (Wildman–Crippen LogP) is 3.48. The molecule has 2 aliphatic heterocycles. The first-order chi connectivity index (χ1) is 16.6. The van der Waals surface area contributed by atoms with E-state index in [0.29, 0.717) is 36.5 Å². The maximum absolute atomic E-state index is 12.5. The molecule has 7 heteroatoms. The lowest BCUT2D eigenvalue weighted by molar-refractivity contribution is 0.228. The fourth-order valence-corrected chi connectivity index (χ4v) is 5.02. The highest BCUT2D eigenvalue weighted by atomic mass is 16.5. The summed E-state index contributed by atoms with van der Waals surface area (Å²) < 4.78 is 16.2. The van der Waals surface area contributed by atoms with Gasteiger partial charge >= 0.3 is 5.63 Å². The summed E-state index contributed by atoms with van der Waals surface area (Å²) in [5.41, 5.74) is 5.52. The number of rotatable bonds is 6. The average molecular weight is 463 g/mol. The molecule has 2 aliphatic rings. The van der Waals surface area contributed by atoms with Crippen LogP contribution in [0.4, 0.5) is 0 Å². The summed E-state index contributed by atoms with van der Waals surface area (Å²) in [7, 11) is 3.26. The summed E-state index contributed by atoms with van der Waals surface area (Å²) in [4.78, 5) is 17.0. The topological polar surface area (TPSA) is 75.4 Å². The maximum atomic E-state index is 12.5. The number of nitrogens with zero attached hydrogens (tertiary/aromatic N) is 2. The molecule has 34 heavy (non-hydrogen) atoms. The van der Waals surface area contributed by atoms with Crippen LogP contribution in [-0.2, 0) is 39.0 Å². The highest BCUT2D eigenvalue weighted by molar-refractivity contribution is 5.48. The van der Waals surface area contributed by atoms with Gasteiger partial charge in [-0.25, -0.2) is 4.79 Å². The smallest absolute Gasteiger partial charge is 0.343 e. The van der Waals surface area contributed by atoms with Crippen molar-refractivity contribution in [3.63, 3.8) is 0 Å². The SMILES string of the molecule is COc1cc2c(cc1OC)CN(Cc1c(O)c(CN3CCc4ccccc4C3)coc1=O)CC2. The number of aromatic hydroxyl groups is 1. The summed E-state index contributed by atoms with van der Waals surface area (Å²) in [6.07, 6.45) is 3.21. The van der Waals surface area contributed by atoms with Crippen molar-refractivity contribution in [3.8, 4) is 17.2 Å². The summed E-state index contributed by atoms with van der Waals surface area (Å²) in [5.74, 6) is 1.46. The number of methoxy groups -OCH3 is 2. The van der Waals surface area contributed by atoms with E-state index in [2.05, 4.69) is 34.1 Å². The number of ether oxygens (including phenoxy) is 2. The Morgan fingerprint density at radius 3 is 2.24 bits per heavy atom. The summed E-state index contributed by atoms with van der Waals surface area (Å²) in [5, 5.41) is 11.0. The number of benzene rings is 2. The molecular weight excluding hydrogens is 432 g/mol. The van der Waals surface area contributed by atoms with E-state index in [0.717, 1.165) is 43.8 Å². The van der Waals surface area contributed by atoms with Gasteiger partial charge in [-0.1, -0.05) is 24.3 Å². The van der Waals surface area contributed by atoms with Gasteiger partial charge in [-0.3, -0.25) is 9.80 Å². The van der Waals surface area contributed by atoms with Crippen molar-refractivity contribution in [3.05, 3.63) is 86.5 Å². The molecule has 0 fully saturated rings. The lowest BCUT2D eigenvalue weighted by Gasteiger charge is -2.30. The van der Waals surface area contributed by atoms with Crippen molar-refractivity contribution in [2.24, 2.45) is 0 Å². The van der Waals surface area contributed by atoms with Crippen LogP contribution in [0.15, 0.2) is 51.9 Å². The van der Waals surface area contributed by atoms with Crippen LogP contribution < -0.4 is 15.1 Å². The van der Waals surface area contributed by atoms with Crippen LogP contribution in [0.2, 0.25) is 0 Å². The van der Waals surface area contributed by atoms with E-state index >= 15 is 0 Å². The zero-order chi connectivity index (χ0) is 23.7. The van der Waals surface area contributed by atoms with Gasteiger partial charge < -0.3 is 19.0 Å². The quantitative estimate of drug-likeness (QED) is 0.601. The normalized spacial score (nSPS) is 16.1. The van der Waals surface area contributed by atoms with E-state index in [1.807, 2.05) is 12.1 Å². The minimum atomic E-state index is -0.483. The molecule has 1 N–H and O–H groups in total.